The zero-order valence-electron chi connectivity index (χ0n) is 17.7. The van der Waals surface area contributed by atoms with Gasteiger partial charge in [0.1, 0.15) is 11.6 Å². The van der Waals surface area contributed by atoms with Gasteiger partial charge in [0.2, 0.25) is 5.91 Å². The van der Waals surface area contributed by atoms with Crippen molar-refractivity contribution < 1.29 is 24.2 Å². The van der Waals surface area contributed by atoms with E-state index in [2.05, 4.69) is 0 Å². The number of ether oxygens (including phenoxy) is 1. The van der Waals surface area contributed by atoms with Crippen LogP contribution in [0.5, 0.6) is 0 Å². The van der Waals surface area contributed by atoms with Crippen LogP contribution in [-0.2, 0) is 19.1 Å². The number of hydrogen-bond donors (Lipinski definition) is 1. The molecule has 3 aliphatic rings. The van der Waals surface area contributed by atoms with Gasteiger partial charge in [-0.3, -0.25) is 14.4 Å². The highest BCUT2D eigenvalue weighted by atomic mass is 16.6. The van der Waals surface area contributed by atoms with Crippen LogP contribution < -0.4 is 0 Å². The first-order chi connectivity index (χ1) is 13.0. The lowest BCUT2D eigenvalue weighted by molar-refractivity contribution is -0.186. The first kappa shape index (κ1) is 21.3. The highest BCUT2D eigenvalue weighted by Crippen LogP contribution is 2.52. The first-order valence-electron chi connectivity index (χ1n) is 10.8. The fourth-order valence-electron chi connectivity index (χ4n) is 5.08. The molecule has 158 valence electrons. The molecule has 0 aromatic rings. The van der Waals surface area contributed by atoms with Crippen LogP contribution in [0.3, 0.4) is 0 Å². The Labute approximate surface area is 168 Å². The number of esters is 1. The van der Waals surface area contributed by atoms with Crippen molar-refractivity contribution in [1.29, 1.82) is 0 Å². The molecule has 0 bridgehead atoms. The zero-order valence-corrected chi connectivity index (χ0v) is 17.7. The largest absolute Gasteiger partial charge is 0.460 e. The van der Waals surface area contributed by atoms with Crippen molar-refractivity contribution in [2.24, 2.45) is 17.3 Å². The second-order valence-electron chi connectivity index (χ2n) is 10.1. The van der Waals surface area contributed by atoms with Gasteiger partial charge in [-0.25, -0.2) is 0 Å². The molecule has 28 heavy (non-hydrogen) atoms. The number of nitrogens with zero attached hydrogens (tertiary/aromatic N) is 1. The summed E-state index contributed by atoms with van der Waals surface area (Å²) in [6.07, 6.45) is 6.03. The molecule has 1 heterocycles. The van der Waals surface area contributed by atoms with Crippen LogP contribution in [0.25, 0.3) is 0 Å². The molecule has 3 rings (SSSR count). The van der Waals surface area contributed by atoms with Crippen LogP contribution >= 0.6 is 0 Å². The third kappa shape index (κ3) is 3.98. The standard InChI is InChI=1S/C22H35NO5/c1-14(24)18(17(25)11-10-15-7-5-8-15)23-13-22(20(23)27)12-6-9-16(22)19(26)28-21(2,3)4/h14-16,18,24H,5-13H2,1-4H3/t14-,16?,18+,22?/m1/s1. The number of amides is 1. The summed E-state index contributed by atoms with van der Waals surface area (Å²) in [6, 6.07) is -0.793. The van der Waals surface area contributed by atoms with E-state index in [1.54, 1.807) is 6.92 Å². The summed E-state index contributed by atoms with van der Waals surface area (Å²) >= 11 is 0. The van der Waals surface area contributed by atoms with E-state index in [0.717, 1.165) is 12.8 Å². The molecule has 4 atom stereocenters. The van der Waals surface area contributed by atoms with Crippen molar-refractivity contribution in [3.63, 3.8) is 0 Å². The summed E-state index contributed by atoms with van der Waals surface area (Å²) in [5.74, 6) is -0.373. The molecule has 1 N–H and O–H groups in total. The van der Waals surface area contributed by atoms with Crippen LogP contribution in [0, 0.1) is 17.3 Å². The molecule has 0 aromatic carbocycles. The van der Waals surface area contributed by atoms with Gasteiger partial charge in [-0.05, 0) is 52.9 Å². The van der Waals surface area contributed by atoms with Crippen LogP contribution in [0.1, 0.15) is 79.1 Å². The van der Waals surface area contributed by atoms with E-state index in [1.807, 2.05) is 20.8 Å². The molecule has 2 aliphatic carbocycles. The summed E-state index contributed by atoms with van der Waals surface area (Å²) in [4.78, 5) is 40.1. The van der Waals surface area contributed by atoms with Crippen LogP contribution in [0.2, 0.25) is 0 Å². The average molecular weight is 394 g/mol. The fraction of sp³-hybridized carbons (Fsp3) is 0.864. The predicted molar refractivity (Wildman–Crippen MR) is 104 cm³/mol. The van der Waals surface area contributed by atoms with Gasteiger partial charge in [0, 0.05) is 13.0 Å². The van der Waals surface area contributed by atoms with Gasteiger partial charge in [0.25, 0.3) is 0 Å². The maximum Gasteiger partial charge on any atom is 0.310 e. The Hall–Kier alpha value is -1.43. The van der Waals surface area contributed by atoms with Crippen molar-refractivity contribution in [2.75, 3.05) is 6.54 Å². The SMILES string of the molecule is C[C@@H](O)[C@@H](C(=O)CCC1CCC1)N1CC2(CCCC2C(=O)OC(C)(C)C)C1=O. The summed E-state index contributed by atoms with van der Waals surface area (Å²) in [5.41, 5.74) is -1.34. The van der Waals surface area contributed by atoms with Gasteiger partial charge in [0.15, 0.2) is 5.78 Å². The summed E-state index contributed by atoms with van der Waals surface area (Å²) in [7, 11) is 0. The van der Waals surface area contributed by atoms with E-state index in [0.29, 0.717) is 31.7 Å². The van der Waals surface area contributed by atoms with Gasteiger partial charge in [0.05, 0.1) is 17.4 Å². The van der Waals surface area contributed by atoms with Gasteiger partial charge in [-0.15, -0.1) is 0 Å². The number of hydrogen-bond acceptors (Lipinski definition) is 5. The molecular formula is C22H35NO5. The number of aliphatic hydroxyl groups is 1. The third-order valence-electron chi connectivity index (χ3n) is 6.76. The maximum absolute atomic E-state index is 13.2. The first-order valence-corrected chi connectivity index (χ1v) is 10.8. The lowest BCUT2D eigenvalue weighted by Gasteiger charge is -2.52. The molecule has 6 nitrogen and oxygen atoms in total. The minimum absolute atomic E-state index is 0.0584. The smallest absolute Gasteiger partial charge is 0.310 e. The molecule has 3 fully saturated rings. The van der Waals surface area contributed by atoms with Gasteiger partial charge >= 0.3 is 5.97 Å². The fourth-order valence-corrected chi connectivity index (χ4v) is 5.08. The molecule has 1 aliphatic heterocycles. The molecule has 2 saturated carbocycles. The highest BCUT2D eigenvalue weighted by Gasteiger charge is 2.63. The minimum atomic E-state index is -0.906. The molecule has 0 radical (unpaired) electrons. The van der Waals surface area contributed by atoms with Crippen LogP contribution in [-0.4, -0.2) is 52.0 Å². The van der Waals surface area contributed by atoms with Gasteiger partial charge < -0.3 is 14.7 Å². The van der Waals surface area contributed by atoms with Gasteiger partial charge in [-0.2, -0.15) is 0 Å². The monoisotopic (exact) mass is 393 g/mol. The predicted octanol–water partition coefficient (Wildman–Crippen LogP) is 2.86. The summed E-state index contributed by atoms with van der Waals surface area (Å²) in [6.45, 7) is 7.41. The molecule has 1 amide bonds. The molecule has 1 saturated heterocycles. The number of rotatable bonds is 7. The quantitative estimate of drug-likeness (QED) is 0.531. The summed E-state index contributed by atoms with van der Waals surface area (Å²) < 4.78 is 5.55. The Morgan fingerprint density at radius 2 is 1.93 bits per heavy atom. The lowest BCUT2D eigenvalue weighted by Crippen LogP contribution is -2.70. The Morgan fingerprint density at radius 1 is 1.25 bits per heavy atom. The third-order valence-corrected chi connectivity index (χ3v) is 6.76. The second kappa shape index (κ2) is 7.77. The molecular weight excluding hydrogens is 358 g/mol. The average Bonchev–Trinajstić information content (AvgIpc) is 2.97. The number of ketones is 1. The maximum atomic E-state index is 13.2. The van der Waals surface area contributed by atoms with Crippen LogP contribution in [0.4, 0.5) is 0 Å². The van der Waals surface area contributed by atoms with Crippen molar-refractivity contribution in [3.05, 3.63) is 0 Å². The van der Waals surface area contributed by atoms with Crippen LogP contribution in [0.15, 0.2) is 0 Å². The van der Waals surface area contributed by atoms with Gasteiger partial charge in [-0.1, -0.05) is 25.7 Å². The van der Waals surface area contributed by atoms with E-state index in [9.17, 15) is 19.5 Å². The normalized spacial score (nSPS) is 30.0. The topological polar surface area (TPSA) is 83.9 Å². The number of β-lactam (4-membered cyclic amide) rings is 1. The molecule has 6 heteroatoms. The highest BCUT2D eigenvalue weighted by molar-refractivity contribution is 5.98. The Bertz CT molecular complexity index is 633. The lowest BCUT2D eigenvalue weighted by atomic mass is 9.69. The zero-order chi connectivity index (χ0) is 20.7. The Morgan fingerprint density at radius 3 is 2.43 bits per heavy atom. The number of carbonyl (C=O) groups excluding carboxylic acids is 3. The second-order valence-corrected chi connectivity index (χ2v) is 10.1. The Kier molecular flexibility index (Phi) is 5.91. The number of likely N-dealkylation sites (tertiary alicyclic amines) is 1. The van der Waals surface area contributed by atoms with E-state index in [4.69, 9.17) is 4.74 Å². The van der Waals surface area contributed by atoms with E-state index >= 15 is 0 Å². The van der Waals surface area contributed by atoms with Crippen molar-refractivity contribution >= 4 is 17.7 Å². The van der Waals surface area contributed by atoms with E-state index in [-0.39, 0.29) is 17.7 Å². The minimum Gasteiger partial charge on any atom is -0.460 e. The van der Waals surface area contributed by atoms with Crippen molar-refractivity contribution in [1.82, 2.24) is 4.90 Å². The van der Waals surface area contributed by atoms with E-state index in [1.165, 1.54) is 24.2 Å². The Balaban J connectivity index is 1.66. The van der Waals surface area contributed by atoms with E-state index < -0.39 is 29.1 Å². The number of aliphatic hydroxyl groups excluding tert-OH is 1. The van der Waals surface area contributed by atoms with Crippen molar-refractivity contribution in [3.8, 4) is 0 Å². The molecule has 0 aromatic heterocycles. The van der Waals surface area contributed by atoms with Crippen molar-refractivity contribution in [2.45, 2.75) is 96.8 Å². The number of carbonyl (C=O) groups is 3. The number of Topliss-reactive ketones (excluding diaryl/α,β-unsaturated/α-hetero) is 1. The molecule has 2 unspecified atom stereocenters. The molecule has 1 spiro atoms. The summed E-state index contributed by atoms with van der Waals surface area (Å²) in [5, 5.41) is 10.2.